The van der Waals surface area contributed by atoms with Crippen LogP contribution in [0.25, 0.3) is 0 Å². The summed E-state index contributed by atoms with van der Waals surface area (Å²) in [6, 6.07) is 16.6. The van der Waals surface area contributed by atoms with Gasteiger partial charge < -0.3 is 29.2 Å². The minimum atomic E-state index is -1.72. The highest BCUT2D eigenvalue weighted by Gasteiger charge is 2.52. The van der Waals surface area contributed by atoms with Crippen LogP contribution in [-0.2, 0) is 28.6 Å². The number of ketones is 1. The zero-order valence-electron chi connectivity index (χ0n) is 18.2. The first-order chi connectivity index (χ1) is 16.3. The van der Waals surface area contributed by atoms with Crippen molar-refractivity contribution >= 4 is 35.5 Å². The van der Waals surface area contributed by atoms with E-state index in [0.29, 0.717) is 4.90 Å². The number of benzene rings is 2. The standard InChI is InChI=1S/C24H24O9S/c1-14(25)12-13-17(26)31-19-18(27)24(34-16-10-6-3-7-11-16)33-21(22(28)29)20(19)32-23(30)15-8-4-2-5-9-15/h2-11,18-21,24,27H,12-13H2,1H3,(H,28,29)/t18-,19-,20+,21+,24+/m1/s1. The van der Waals surface area contributed by atoms with Crippen molar-refractivity contribution in [1.29, 1.82) is 0 Å². The molecule has 0 amide bonds. The summed E-state index contributed by atoms with van der Waals surface area (Å²) in [6.45, 7) is 1.31. The van der Waals surface area contributed by atoms with E-state index < -0.39 is 47.8 Å². The van der Waals surface area contributed by atoms with Crippen molar-refractivity contribution in [2.24, 2.45) is 0 Å². The average Bonchev–Trinajstić information content (AvgIpc) is 2.82. The second kappa shape index (κ2) is 11.8. The number of rotatable bonds is 9. The molecule has 0 bridgehead atoms. The highest BCUT2D eigenvalue weighted by atomic mass is 32.2. The Hall–Kier alpha value is -3.21. The zero-order valence-corrected chi connectivity index (χ0v) is 19.1. The Kier molecular flexibility index (Phi) is 8.80. The van der Waals surface area contributed by atoms with E-state index in [0.717, 1.165) is 11.8 Å². The van der Waals surface area contributed by atoms with Crippen LogP contribution < -0.4 is 0 Å². The summed E-state index contributed by atoms with van der Waals surface area (Å²) >= 11 is 1.04. The molecule has 1 heterocycles. The normalized spacial score (nSPS) is 24.1. The first-order valence-electron chi connectivity index (χ1n) is 10.5. The fourth-order valence-corrected chi connectivity index (χ4v) is 4.33. The summed E-state index contributed by atoms with van der Waals surface area (Å²) in [5.41, 5.74) is -0.996. The minimum Gasteiger partial charge on any atom is -0.479 e. The van der Waals surface area contributed by atoms with Crippen molar-refractivity contribution < 1.29 is 43.6 Å². The quantitative estimate of drug-likeness (QED) is 0.507. The van der Waals surface area contributed by atoms with E-state index in [-0.39, 0.29) is 24.2 Å². The smallest absolute Gasteiger partial charge is 0.338 e. The summed E-state index contributed by atoms with van der Waals surface area (Å²) in [5, 5.41) is 20.8. The summed E-state index contributed by atoms with van der Waals surface area (Å²) < 4.78 is 16.4. The predicted molar refractivity (Wildman–Crippen MR) is 120 cm³/mol. The first kappa shape index (κ1) is 25.4. The Morgan fingerprint density at radius 3 is 2.12 bits per heavy atom. The van der Waals surface area contributed by atoms with E-state index in [9.17, 15) is 29.4 Å². The average molecular weight is 489 g/mol. The van der Waals surface area contributed by atoms with Gasteiger partial charge in [-0.2, -0.15) is 0 Å². The lowest BCUT2D eigenvalue weighted by Crippen LogP contribution is -2.61. The molecule has 34 heavy (non-hydrogen) atoms. The maximum Gasteiger partial charge on any atom is 0.338 e. The maximum absolute atomic E-state index is 12.7. The Labute approximate surface area is 200 Å². The third kappa shape index (κ3) is 6.66. The van der Waals surface area contributed by atoms with E-state index in [1.165, 1.54) is 19.1 Å². The van der Waals surface area contributed by atoms with Gasteiger partial charge in [-0.1, -0.05) is 48.2 Å². The number of Topliss-reactive ketones (excluding diaryl/α,β-unsaturated/α-hetero) is 1. The molecule has 2 N–H and O–H groups in total. The summed E-state index contributed by atoms with van der Waals surface area (Å²) in [5.74, 6) is -3.40. The Bertz CT molecular complexity index is 1010. The molecule has 1 aliphatic rings. The largest absolute Gasteiger partial charge is 0.479 e. The molecule has 2 aromatic carbocycles. The minimum absolute atomic E-state index is 0.0861. The van der Waals surface area contributed by atoms with Crippen molar-refractivity contribution in [1.82, 2.24) is 0 Å². The van der Waals surface area contributed by atoms with Crippen LogP contribution >= 0.6 is 11.8 Å². The molecule has 1 saturated heterocycles. The Balaban J connectivity index is 1.88. The molecule has 0 unspecified atom stereocenters. The Morgan fingerprint density at radius 1 is 0.912 bits per heavy atom. The van der Waals surface area contributed by atoms with E-state index in [2.05, 4.69) is 0 Å². The lowest BCUT2D eigenvalue weighted by molar-refractivity contribution is -0.221. The van der Waals surface area contributed by atoms with Crippen LogP contribution in [0.5, 0.6) is 0 Å². The van der Waals surface area contributed by atoms with Crippen LogP contribution in [0.3, 0.4) is 0 Å². The molecule has 5 atom stereocenters. The maximum atomic E-state index is 12.7. The van der Waals surface area contributed by atoms with E-state index in [1.54, 1.807) is 48.5 Å². The third-order valence-corrected chi connectivity index (χ3v) is 6.13. The molecule has 2 aromatic rings. The van der Waals surface area contributed by atoms with E-state index in [4.69, 9.17) is 14.2 Å². The number of carbonyl (C=O) groups excluding carboxylic acids is 3. The summed E-state index contributed by atoms with van der Waals surface area (Å²) in [7, 11) is 0. The van der Waals surface area contributed by atoms with Gasteiger partial charge in [0.1, 0.15) is 17.3 Å². The highest BCUT2D eigenvalue weighted by Crippen LogP contribution is 2.36. The number of hydrogen-bond donors (Lipinski definition) is 2. The van der Waals surface area contributed by atoms with Crippen molar-refractivity contribution in [2.75, 3.05) is 0 Å². The van der Waals surface area contributed by atoms with E-state index in [1.807, 2.05) is 0 Å². The fraction of sp³-hybridized carbons (Fsp3) is 0.333. The number of thioether (sulfide) groups is 1. The molecule has 9 nitrogen and oxygen atoms in total. The number of aliphatic carboxylic acids is 1. The van der Waals surface area contributed by atoms with Crippen LogP contribution in [0.15, 0.2) is 65.6 Å². The van der Waals surface area contributed by atoms with Gasteiger partial charge in [-0.05, 0) is 31.2 Å². The van der Waals surface area contributed by atoms with E-state index >= 15 is 0 Å². The van der Waals surface area contributed by atoms with Gasteiger partial charge in [-0.25, -0.2) is 9.59 Å². The van der Waals surface area contributed by atoms with Gasteiger partial charge in [-0.15, -0.1) is 0 Å². The van der Waals surface area contributed by atoms with Gasteiger partial charge >= 0.3 is 17.9 Å². The second-order valence-electron chi connectivity index (χ2n) is 7.58. The van der Waals surface area contributed by atoms with Crippen LogP contribution in [0.4, 0.5) is 0 Å². The zero-order chi connectivity index (χ0) is 24.7. The number of carboxylic acid groups (broad SMARTS) is 1. The fourth-order valence-electron chi connectivity index (χ4n) is 3.27. The van der Waals surface area contributed by atoms with Gasteiger partial charge in [0.05, 0.1) is 12.0 Å². The third-order valence-electron chi connectivity index (χ3n) is 4.96. The van der Waals surface area contributed by atoms with Crippen molar-refractivity contribution in [3.05, 3.63) is 66.2 Å². The molecule has 180 valence electrons. The van der Waals surface area contributed by atoms with Crippen LogP contribution in [0.2, 0.25) is 0 Å². The summed E-state index contributed by atoms with van der Waals surface area (Å²) in [4.78, 5) is 49.0. The topological polar surface area (TPSA) is 136 Å². The van der Waals surface area contributed by atoms with Gasteiger partial charge in [-0.3, -0.25) is 4.79 Å². The molecule has 0 aromatic heterocycles. The molecule has 1 fully saturated rings. The van der Waals surface area contributed by atoms with Gasteiger partial charge in [0.15, 0.2) is 18.3 Å². The number of carbonyl (C=O) groups is 4. The molecule has 0 saturated carbocycles. The molecule has 0 spiro atoms. The molecule has 10 heteroatoms. The first-order valence-corrected chi connectivity index (χ1v) is 11.4. The highest BCUT2D eigenvalue weighted by molar-refractivity contribution is 7.99. The molecule has 1 aliphatic heterocycles. The monoisotopic (exact) mass is 488 g/mol. The van der Waals surface area contributed by atoms with Crippen LogP contribution in [-0.4, -0.2) is 63.8 Å². The van der Waals surface area contributed by atoms with Crippen molar-refractivity contribution in [2.45, 2.75) is 54.5 Å². The number of esters is 2. The number of aliphatic hydroxyl groups excluding tert-OH is 1. The molecular formula is C24H24O9S. The lowest BCUT2D eigenvalue weighted by atomic mass is 9.99. The molecule has 0 radical (unpaired) electrons. The second-order valence-corrected chi connectivity index (χ2v) is 8.75. The van der Waals surface area contributed by atoms with Crippen molar-refractivity contribution in [3.63, 3.8) is 0 Å². The number of hydrogen-bond acceptors (Lipinski definition) is 9. The SMILES string of the molecule is CC(=O)CCC(=O)O[C@@H]1[C@@H](O)[C@H](Sc2ccccc2)O[C@H](C(=O)O)[C@H]1OC(=O)c1ccccc1. The number of ether oxygens (including phenoxy) is 3. The van der Waals surface area contributed by atoms with Crippen LogP contribution in [0, 0.1) is 0 Å². The predicted octanol–water partition coefficient (Wildman–Crippen LogP) is 2.46. The lowest BCUT2D eigenvalue weighted by Gasteiger charge is -2.41. The number of aliphatic hydroxyl groups is 1. The summed E-state index contributed by atoms with van der Waals surface area (Å²) in [6.07, 6.45) is -6.78. The molecule has 0 aliphatic carbocycles. The molecule has 3 rings (SSSR count). The van der Waals surface area contributed by atoms with Crippen molar-refractivity contribution in [3.8, 4) is 0 Å². The van der Waals surface area contributed by atoms with Gasteiger partial charge in [0.2, 0.25) is 0 Å². The Morgan fingerprint density at radius 2 is 1.53 bits per heavy atom. The van der Waals surface area contributed by atoms with Gasteiger partial charge in [0, 0.05) is 11.3 Å². The van der Waals surface area contributed by atoms with Crippen LogP contribution in [0.1, 0.15) is 30.1 Å². The van der Waals surface area contributed by atoms with Gasteiger partial charge in [0.25, 0.3) is 0 Å². The number of carboxylic acids is 1. The molecular weight excluding hydrogens is 464 g/mol.